The van der Waals surface area contributed by atoms with Crippen molar-refractivity contribution < 1.29 is 4.79 Å². The Hall–Kier alpha value is -0.610. The third-order valence-corrected chi connectivity index (χ3v) is 4.96. The molecule has 2 saturated heterocycles. The molecule has 116 valence electrons. The highest BCUT2D eigenvalue weighted by molar-refractivity contribution is 5.79. The van der Waals surface area contributed by atoms with Crippen LogP contribution in [0.4, 0.5) is 0 Å². The van der Waals surface area contributed by atoms with Gasteiger partial charge < -0.3 is 15.5 Å². The molecule has 2 heterocycles. The van der Waals surface area contributed by atoms with Gasteiger partial charge in [0.1, 0.15) is 0 Å². The Kier molecular flexibility index (Phi) is 6.30. The van der Waals surface area contributed by atoms with Crippen LogP contribution in [0.3, 0.4) is 0 Å². The molecule has 2 fully saturated rings. The van der Waals surface area contributed by atoms with E-state index >= 15 is 0 Å². The van der Waals surface area contributed by atoms with Gasteiger partial charge >= 0.3 is 0 Å². The van der Waals surface area contributed by atoms with Crippen molar-refractivity contribution in [2.75, 3.05) is 26.2 Å². The van der Waals surface area contributed by atoms with E-state index in [1.807, 2.05) is 0 Å². The first-order valence-corrected chi connectivity index (χ1v) is 8.43. The van der Waals surface area contributed by atoms with Crippen LogP contribution in [0.5, 0.6) is 0 Å². The van der Waals surface area contributed by atoms with Gasteiger partial charge in [-0.3, -0.25) is 4.79 Å². The average Bonchev–Trinajstić information content (AvgIpc) is 2.45. The van der Waals surface area contributed by atoms with Crippen molar-refractivity contribution in [3.8, 4) is 0 Å². The SMILES string of the molecule is CC1NCCCC1C(=O)NCCCN1CCCCC1C. The maximum atomic E-state index is 12.2. The number of nitrogens with zero attached hydrogens (tertiary/aromatic N) is 1. The van der Waals surface area contributed by atoms with Crippen molar-refractivity contribution in [2.24, 2.45) is 5.92 Å². The number of carbonyl (C=O) groups excluding carboxylic acids is 1. The second kappa shape index (κ2) is 7.99. The highest BCUT2D eigenvalue weighted by atomic mass is 16.1. The summed E-state index contributed by atoms with van der Waals surface area (Å²) in [4.78, 5) is 14.7. The molecule has 0 aromatic rings. The largest absolute Gasteiger partial charge is 0.356 e. The summed E-state index contributed by atoms with van der Waals surface area (Å²) in [7, 11) is 0. The maximum absolute atomic E-state index is 12.2. The minimum Gasteiger partial charge on any atom is -0.356 e. The van der Waals surface area contributed by atoms with Crippen molar-refractivity contribution in [1.82, 2.24) is 15.5 Å². The van der Waals surface area contributed by atoms with E-state index in [4.69, 9.17) is 0 Å². The van der Waals surface area contributed by atoms with Crippen LogP contribution in [0.1, 0.15) is 52.4 Å². The molecule has 1 amide bonds. The number of likely N-dealkylation sites (tertiary alicyclic amines) is 1. The Balaban J connectivity index is 1.61. The Morgan fingerprint density at radius 1 is 1.25 bits per heavy atom. The van der Waals surface area contributed by atoms with Gasteiger partial charge in [0.25, 0.3) is 0 Å². The van der Waals surface area contributed by atoms with Gasteiger partial charge in [0.2, 0.25) is 5.91 Å². The summed E-state index contributed by atoms with van der Waals surface area (Å²) in [5.74, 6) is 0.411. The molecule has 3 unspecified atom stereocenters. The van der Waals surface area contributed by atoms with Gasteiger partial charge in [-0.15, -0.1) is 0 Å². The third kappa shape index (κ3) is 4.45. The highest BCUT2D eigenvalue weighted by Crippen LogP contribution is 2.17. The minimum atomic E-state index is 0.165. The van der Waals surface area contributed by atoms with Crippen LogP contribution in [0, 0.1) is 5.92 Å². The van der Waals surface area contributed by atoms with Gasteiger partial charge in [-0.05, 0) is 59.0 Å². The lowest BCUT2D eigenvalue weighted by Crippen LogP contribution is -2.47. The number of nitrogens with one attached hydrogen (secondary N) is 2. The van der Waals surface area contributed by atoms with Gasteiger partial charge in [-0.1, -0.05) is 6.42 Å². The molecule has 0 bridgehead atoms. The van der Waals surface area contributed by atoms with Gasteiger partial charge in [0.15, 0.2) is 0 Å². The molecule has 0 aromatic heterocycles. The van der Waals surface area contributed by atoms with Crippen molar-refractivity contribution in [2.45, 2.75) is 64.5 Å². The van der Waals surface area contributed by atoms with Crippen LogP contribution in [0.2, 0.25) is 0 Å². The van der Waals surface area contributed by atoms with Crippen LogP contribution < -0.4 is 10.6 Å². The Morgan fingerprint density at radius 3 is 2.85 bits per heavy atom. The van der Waals surface area contributed by atoms with Gasteiger partial charge in [0, 0.05) is 25.2 Å². The molecule has 0 aliphatic carbocycles. The molecule has 4 nitrogen and oxygen atoms in total. The Bertz CT molecular complexity index is 308. The molecule has 0 spiro atoms. The Morgan fingerprint density at radius 2 is 2.10 bits per heavy atom. The van der Waals surface area contributed by atoms with E-state index in [1.165, 1.54) is 25.8 Å². The molecule has 20 heavy (non-hydrogen) atoms. The smallest absolute Gasteiger partial charge is 0.224 e. The zero-order valence-corrected chi connectivity index (χ0v) is 13.2. The standard InChI is InChI=1S/C16H31N3O/c1-13-7-3-4-11-19(13)12-6-10-18-16(20)15-8-5-9-17-14(15)2/h13-15,17H,3-12H2,1-2H3,(H,18,20). The molecular weight excluding hydrogens is 250 g/mol. The third-order valence-electron chi connectivity index (χ3n) is 4.96. The van der Waals surface area contributed by atoms with Crippen LogP contribution in [0.25, 0.3) is 0 Å². The van der Waals surface area contributed by atoms with Gasteiger partial charge in [0.05, 0.1) is 5.92 Å². The second-order valence-electron chi connectivity index (χ2n) is 6.52. The first-order chi connectivity index (χ1) is 9.68. The first kappa shape index (κ1) is 15.8. The molecule has 2 rings (SSSR count). The molecule has 2 aliphatic rings. The van der Waals surface area contributed by atoms with E-state index in [-0.39, 0.29) is 11.8 Å². The van der Waals surface area contributed by atoms with Gasteiger partial charge in [-0.25, -0.2) is 0 Å². The number of amides is 1. The van der Waals surface area contributed by atoms with Crippen LogP contribution in [-0.2, 0) is 4.79 Å². The number of hydrogen-bond donors (Lipinski definition) is 2. The summed E-state index contributed by atoms with van der Waals surface area (Å²) in [6.45, 7) is 8.69. The van der Waals surface area contributed by atoms with E-state index in [0.29, 0.717) is 6.04 Å². The zero-order chi connectivity index (χ0) is 14.4. The average molecular weight is 281 g/mol. The van der Waals surface area contributed by atoms with Gasteiger partial charge in [-0.2, -0.15) is 0 Å². The fraction of sp³-hybridized carbons (Fsp3) is 0.938. The fourth-order valence-corrected chi connectivity index (χ4v) is 3.52. The lowest BCUT2D eigenvalue weighted by atomic mass is 9.91. The number of hydrogen-bond acceptors (Lipinski definition) is 3. The van der Waals surface area contributed by atoms with E-state index < -0.39 is 0 Å². The summed E-state index contributed by atoms with van der Waals surface area (Å²) >= 11 is 0. The lowest BCUT2D eigenvalue weighted by molar-refractivity contribution is -0.126. The summed E-state index contributed by atoms with van der Waals surface area (Å²) in [6.07, 6.45) is 7.27. The maximum Gasteiger partial charge on any atom is 0.224 e. The molecule has 0 radical (unpaired) electrons. The summed E-state index contributed by atoms with van der Waals surface area (Å²) in [5.41, 5.74) is 0. The van der Waals surface area contributed by atoms with Crippen molar-refractivity contribution in [3.05, 3.63) is 0 Å². The Labute approximate surface area is 123 Å². The highest BCUT2D eigenvalue weighted by Gasteiger charge is 2.27. The fourth-order valence-electron chi connectivity index (χ4n) is 3.52. The summed E-state index contributed by atoms with van der Waals surface area (Å²) in [5, 5.41) is 6.52. The quantitative estimate of drug-likeness (QED) is 0.755. The monoisotopic (exact) mass is 281 g/mol. The van der Waals surface area contributed by atoms with Crippen LogP contribution in [-0.4, -0.2) is 49.1 Å². The summed E-state index contributed by atoms with van der Waals surface area (Å²) < 4.78 is 0. The number of rotatable bonds is 5. The number of carbonyl (C=O) groups is 1. The minimum absolute atomic E-state index is 0.165. The second-order valence-corrected chi connectivity index (χ2v) is 6.52. The predicted octanol–water partition coefficient (Wildman–Crippen LogP) is 1.76. The predicted molar refractivity (Wildman–Crippen MR) is 82.7 cm³/mol. The zero-order valence-electron chi connectivity index (χ0n) is 13.2. The van der Waals surface area contributed by atoms with E-state index in [2.05, 4.69) is 29.4 Å². The molecule has 0 saturated carbocycles. The topological polar surface area (TPSA) is 44.4 Å². The molecule has 3 atom stereocenters. The van der Waals surface area contributed by atoms with Crippen LogP contribution >= 0.6 is 0 Å². The normalized spacial score (nSPS) is 32.0. The summed E-state index contributed by atoms with van der Waals surface area (Å²) in [6, 6.07) is 1.05. The lowest BCUT2D eigenvalue weighted by Gasteiger charge is -2.33. The molecule has 2 N–H and O–H groups in total. The van der Waals surface area contributed by atoms with Crippen molar-refractivity contribution >= 4 is 5.91 Å². The van der Waals surface area contributed by atoms with E-state index in [0.717, 1.165) is 44.9 Å². The van der Waals surface area contributed by atoms with E-state index in [9.17, 15) is 4.79 Å². The first-order valence-electron chi connectivity index (χ1n) is 8.43. The molecule has 2 aliphatic heterocycles. The van der Waals surface area contributed by atoms with E-state index in [1.54, 1.807) is 0 Å². The molecule has 0 aromatic carbocycles. The molecular formula is C16H31N3O. The molecule has 4 heteroatoms. The van der Waals surface area contributed by atoms with Crippen LogP contribution in [0.15, 0.2) is 0 Å². The van der Waals surface area contributed by atoms with Crippen molar-refractivity contribution in [1.29, 1.82) is 0 Å². The number of piperidine rings is 2. The van der Waals surface area contributed by atoms with Crippen molar-refractivity contribution in [3.63, 3.8) is 0 Å².